The minimum atomic E-state index is -2.79. The number of aromatic nitrogens is 3. The highest BCUT2D eigenvalue weighted by Gasteiger charge is 2.24. The fourth-order valence-corrected chi connectivity index (χ4v) is 1.18. The molecule has 0 aromatic carbocycles. The Balaban J connectivity index is 3.01. The summed E-state index contributed by atoms with van der Waals surface area (Å²) in [6, 6.07) is 0. The molecular weight excluding hydrogens is 206 g/mol. The predicted octanol–water partition coefficient (Wildman–Crippen LogP) is 1.11. The lowest BCUT2D eigenvalue weighted by molar-refractivity contribution is 0.0976. The molecule has 0 bridgehead atoms. The monoisotopic (exact) mass is 218 g/mol. The van der Waals surface area contributed by atoms with Gasteiger partial charge >= 0.3 is 0 Å². The van der Waals surface area contributed by atoms with Crippen molar-refractivity contribution >= 4 is 5.91 Å². The lowest BCUT2D eigenvalue weighted by atomic mass is 10.3. The van der Waals surface area contributed by atoms with Gasteiger partial charge in [-0.15, -0.1) is 5.10 Å². The molecule has 1 aromatic heterocycles. The van der Waals surface area contributed by atoms with Gasteiger partial charge in [-0.25, -0.2) is 13.5 Å². The Hall–Kier alpha value is -1.53. The largest absolute Gasteiger partial charge is 0.364 e. The third-order valence-corrected chi connectivity index (χ3v) is 1.94. The molecular formula is C8H12F2N4O. The van der Waals surface area contributed by atoms with Gasteiger partial charge in [0.05, 0.1) is 0 Å². The highest BCUT2D eigenvalue weighted by atomic mass is 19.3. The molecule has 0 aliphatic heterocycles. The molecule has 0 radical (unpaired) electrons. The fourth-order valence-electron chi connectivity index (χ4n) is 1.18. The summed E-state index contributed by atoms with van der Waals surface area (Å²) in [5, 5.41) is 6.83. The van der Waals surface area contributed by atoms with Crippen molar-refractivity contribution in [3.63, 3.8) is 0 Å². The second kappa shape index (κ2) is 4.81. The number of amides is 1. The summed E-state index contributed by atoms with van der Waals surface area (Å²) in [5.41, 5.74) is 3.97. The van der Waals surface area contributed by atoms with Gasteiger partial charge in [0.2, 0.25) is 0 Å². The molecule has 5 nitrogen and oxygen atoms in total. The number of carbonyl (C=O) groups excluding carboxylic acids is 1. The number of aryl methyl sites for hydroxylation is 1. The van der Waals surface area contributed by atoms with Crippen molar-refractivity contribution in [1.29, 1.82) is 0 Å². The lowest BCUT2D eigenvalue weighted by Gasteiger charge is -2.04. The maximum Gasteiger partial charge on any atom is 0.282 e. The zero-order chi connectivity index (χ0) is 11.4. The zero-order valence-electron chi connectivity index (χ0n) is 8.28. The third-order valence-electron chi connectivity index (χ3n) is 1.94. The van der Waals surface area contributed by atoms with E-state index in [1.807, 2.05) is 6.92 Å². The van der Waals surface area contributed by atoms with E-state index in [-0.39, 0.29) is 0 Å². The average molecular weight is 218 g/mol. The number of primary amides is 1. The van der Waals surface area contributed by atoms with Crippen LogP contribution in [0.1, 0.15) is 42.4 Å². The molecule has 0 aliphatic carbocycles. The first-order valence-corrected chi connectivity index (χ1v) is 4.59. The van der Waals surface area contributed by atoms with Gasteiger partial charge in [-0.1, -0.05) is 18.6 Å². The Bertz CT molecular complexity index is 350. The summed E-state index contributed by atoms with van der Waals surface area (Å²) in [4.78, 5) is 10.8. The van der Waals surface area contributed by atoms with E-state index in [9.17, 15) is 13.6 Å². The number of rotatable bonds is 5. The summed E-state index contributed by atoms with van der Waals surface area (Å²) in [6.45, 7) is 2.24. The van der Waals surface area contributed by atoms with E-state index < -0.39 is 23.7 Å². The summed E-state index contributed by atoms with van der Waals surface area (Å²) >= 11 is 0. The van der Waals surface area contributed by atoms with Crippen LogP contribution in [0.4, 0.5) is 8.78 Å². The molecule has 1 heterocycles. The SMILES string of the molecule is CCCCn1nnc(C(N)=O)c1C(F)F. The molecule has 84 valence electrons. The Kier molecular flexibility index (Phi) is 3.70. The van der Waals surface area contributed by atoms with Crippen LogP contribution in [0.15, 0.2) is 0 Å². The molecule has 0 aliphatic rings. The van der Waals surface area contributed by atoms with Crippen molar-refractivity contribution in [3.05, 3.63) is 11.4 Å². The second-order valence-corrected chi connectivity index (χ2v) is 3.06. The van der Waals surface area contributed by atoms with E-state index in [1.165, 1.54) is 0 Å². The Morgan fingerprint density at radius 3 is 2.73 bits per heavy atom. The number of hydrogen-bond acceptors (Lipinski definition) is 3. The summed E-state index contributed by atoms with van der Waals surface area (Å²) in [6.07, 6.45) is -1.25. The molecule has 0 saturated carbocycles. The number of carbonyl (C=O) groups is 1. The van der Waals surface area contributed by atoms with E-state index in [4.69, 9.17) is 5.73 Å². The van der Waals surface area contributed by atoms with Gasteiger partial charge < -0.3 is 5.73 Å². The van der Waals surface area contributed by atoms with Gasteiger partial charge in [0.1, 0.15) is 5.69 Å². The van der Waals surface area contributed by atoms with Crippen LogP contribution in [0.2, 0.25) is 0 Å². The van der Waals surface area contributed by atoms with E-state index in [2.05, 4.69) is 10.3 Å². The normalized spacial score (nSPS) is 10.9. The van der Waals surface area contributed by atoms with E-state index in [0.717, 1.165) is 11.1 Å². The highest BCUT2D eigenvalue weighted by Crippen LogP contribution is 2.21. The Morgan fingerprint density at radius 2 is 2.27 bits per heavy atom. The van der Waals surface area contributed by atoms with Crippen molar-refractivity contribution < 1.29 is 13.6 Å². The van der Waals surface area contributed by atoms with Gasteiger partial charge in [0.15, 0.2) is 5.69 Å². The van der Waals surface area contributed by atoms with Crippen molar-refractivity contribution in [2.75, 3.05) is 0 Å². The third kappa shape index (κ3) is 2.48. The first kappa shape index (κ1) is 11.5. The average Bonchev–Trinajstić information content (AvgIpc) is 2.58. The van der Waals surface area contributed by atoms with E-state index in [0.29, 0.717) is 13.0 Å². The number of halogens is 2. The van der Waals surface area contributed by atoms with Gasteiger partial charge in [-0.05, 0) is 6.42 Å². The van der Waals surface area contributed by atoms with Crippen molar-refractivity contribution in [2.24, 2.45) is 5.73 Å². The molecule has 0 fully saturated rings. The fraction of sp³-hybridized carbons (Fsp3) is 0.625. The zero-order valence-corrected chi connectivity index (χ0v) is 8.28. The topological polar surface area (TPSA) is 73.8 Å². The summed E-state index contributed by atoms with van der Waals surface area (Å²) < 4.78 is 26.2. The molecule has 0 saturated heterocycles. The molecule has 1 aromatic rings. The maximum atomic E-state index is 12.6. The minimum absolute atomic E-state index is 0.316. The maximum absolute atomic E-state index is 12.6. The van der Waals surface area contributed by atoms with Crippen molar-refractivity contribution in [1.82, 2.24) is 15.0 Å². The molecule has 0 spiro atoms. The summed E-state index contributed by atoms with van der Waals surface area (Å²) in [7, 11) is 0. The first-order chi connectivity index (χ1) is 7.07. The van der Waals surface area contributed by atoms with Crippen LogP contribution >= 0.6 is 0 Å². The number of unbranched alkanes of at least 4 members (excludes halogenated alkanes) is 1. The van der Waals surface area contributed by atoms with Gasteiger partial charge in [0, 0.05) is 6.54 Å². The van der Waals surface area contributed by atoms with E-state index in [1.54, 1.807) is 0 Å². The van der Waals surface area contributed by atoms with E-state index >= 15 is 0 Å². The van der Waals surface area contributed by atoms with Crippen LogP contribution < -0.4 is 5.73 Å². The minimum Gasteiger partial charge on any atom is -0.364 e. The number of alkyl halides is 2. The van der Waals surface area contributed by atoms with Crippen LogP contribution in [0.3, 0.4) is 0 Å². The molecule has 0 unspecified atom stereocenters. The summed E-state index contributed by atoms with van der Waals surface area (Å²) in [5.74, 6) is -0.979. The molecule has 1 rings (SSSR count). The Labute approximate surface area is 85.2 Å². The van der Waals surface area contributed by atoms with Gasteiger partial charge in [0.25, 0.3) is 12.3 Å². The van der Waals surface area contributed by atoms with Crippen LogP contribution in [0, 0.1) is 0 Å². The number of nitrogens with two attached hydrogens (primary N) is 1. The lowest BCUT2D eigenvalue weighted by Crippen LogP contribution is -2.15. The number of nitrogens with zero attached hydrogens (tertiary/aromatic N) is 3. The van der Waals surface area contributed by atoms with Crippen LogP contribution in [-0.4, -0.2) is 20.9 Å². The van der Waals surface area contributed by atoms with Crippen LogP contribution in [0.5, 0.6) is 0 Å². The first-order valence-electron chi connectivity index (χ1n) is 4.59. The number of hydrogen-bond donors (Lipinski definition) is 1. The standard InChI is InChI=1S/C8H12F2N4O/c1-2-3-4-14-6(7(9)10)5(8(11)15)12-13-14/h7H,2-4H2,1H3,(H2,11,15). The quantitative estimate of drug-likeness (QED) is 0.804. The van der Waals surface area contributed by atoms with Gasteiger partial charge in [-0.3, -0.25) is 4.79 Å². The molecule has 7 heteroatoms. The molecule has 15 heavy (non-hydrogen) atoms. The smallest absolute Gasteiger partial charge is 0.282 e. The van der Waals surface area contributed by atoms with Crippen LogP contribution in [0.25, 0.3) is 0 Å². The van der Waals surface area contributed by atoms with Crippen LogP contribution in [-0.2, 0) is 6.54 Å². The van der Waals surface area contributed by atoms with Crippen molar-refractivity contribution in [3.8, 4) is 0 Å². The predicted molar refractivity (Wildman–Crippen MR) is 48.4 cm³/mol. The highest BCUT2D eigenvalue weighted by molar-refractivity contribution is 5.91. The van der Waals surface area contributed by atoms with Gasteiger partial charge in [-0.2, -0.15) is 0 Å². The molecule has 0 atom stereocenters. The molecule has 1 amide bonds. The molecule has 2 N–H and O–H groups in total. The van der Waals surface area contributed by atoms with Crippen molar-refractivity contribution in [2.45, 2.75) is 32.7 Å². The second-order valence-electron chi connectivity index (χ2n) is 3.06. The Morgan fingerprint density at radius 1 is 1.60 bits per heavy atom.